The molecule has 4 atom stereocenters. The fourth-order valence-corrected chi connectivity index (χ4v) is 4.86. The van der Waals surface area contributed by atoms with Gasteiger partial charge in [0.1, 0.15) is 5.76 Å². The number of ketones is 1. The fourth-order valence-electron chi connectivity index (χ4n) is 4.86. The lowest BCUT2D eigenvalue weighted by molar-refractivity contribution is -0.118. The Labute approximate surface area is 143 Å². The molecule has 2 heterocycles. The van der Waals surface area contributed by atoms with Crippen molar-refractivity contribution in [2.45, 2.75) is 45.8 Å². The number of hydrogen-bond donors (Lipinski definition) is 0. The van der Waals surface area contributed by atoms with Crippen molar-refractivity contribution in [1.82, 2.24) is 0 Å². The first-order valence-corrected chi connectivity index (χ1v) is 8.59. The third-order valence-electron chi connectivity index (χ3n) is 5.64. The number of benzene rings is 1. The van der Waals surface area contributed by atoms with Crippen LogP contribution in [0.2, 0.25) is 0 Å². The van der Waals surface area contributed by atoms with Gasteiger partial charge in [-0.25, -0.2) is 0 Å². The van der Waals surface area contributed by atoms with Gasteiger partial charge < -0.3 is 9.47 Å². The van der Waals surface area contributed by atoms with Crippen molar-refractivity contribution < 1.29 is 14.3 Å². The highest BCUT2D eigenvalue weighted by Crippen LogP contribution is 2.54. The van der Waals surface area contributed by atoms with Gasteiger partial charge in [-0.05, 0) is 62.4 Å². The monoisotopic (exact) mass is 322 g/mol. The molecule has 2 fully saturated rings. The minimum absolute atomic E-state index is 0.0531. The van der Waals surface area contributed by atoms with Gasteiger partial charge in [0.25, 0.3) is 0 Å². The summed E-state index contributed by atoms with van der Waals surface area (Å²) in [5.74, 6) is 7.12. The average Bonchev–Trinajstić information content (AvgIpc) is 3.20. The smallest absolute Gasteiger partial charge is 0.173 e. The van der Waals surface area contributed by atoms with E-state index in [2.05, 4.69) is 37.8 Å². The first-order chi connectivity index (χ1) is 11.6. The summed E-state index contributed by atoms with van der Waals surface area (Å²) in [5, 5.41) is 0. The maximum atomic E-state index is 13.2. The zero-order valence-corrected chi connectivity index (χ0v) is 14.6. The molecule has 0 N–H and O–H groups in total. The quantitative estimate of drug-likeness (QED) is 0.783. The Kier molecular flexibility index (Phi) is 3.54. The number of fused-ring (bicyclic) bond motifs is 5. The van der Waals surface area contributed by atoms with E-state index >= 15 is 0 Å². The Morgan fingerprint density at radius 2 is 1.75 bits per heavy atom. The van der Waals surface area contributed by atoms with Crippen LogP contribution in [0.25, 0.3) is 5.57 Å². The predicted molar refractivity (Wildman–Crippen MR) is 92.3 cm³/mol. The number of aryl methyl sites for hydroxylation is 2. The maximum absolute atomic E-state index is 13.2. The van der Waals surface area contributed by atoms with E-state index in [0.29, 0.717) is 0 Å². The molecule has 3 nitrogen and oxygen atoms in total. The number of allylic oxidation sites excluding steroid dienone is 1. The molecule has 1 aromatic rings. The number of ether oxygens (including phenoxy) is 2. The Bertz CT molecular complexity index is 798. The van der Waals surface area contributed by atoms with Crippen LogP contribution in [-0.4, -0.2) is 25.1 Å². The SMILES string of the molecule is CC#Cc1cc(C)c(C2=C(OC)C3C4CCC(O4)C3C2=O)c(C)c1. The van der Waals surface area contributed by atoms with E-state index in [1.165, 1.54) is 0 Å². The van der Waals surface area contributed by atoms with Crippen LogP contribution in [0.3, 0.4) is 0 Å². The molecule has 0 spiro atoms. The van der Waals surface area contributed by atoms with Crippen LogP contribution in [0.5, 0.6) is 0 Å². The van der Waals surface area contributed by atoms with Crippen molar-refractivity contribution in [2.24, 2.45) is 11.8 Å². The molecule has 3 aliphatic rings. The fraction of sp³-hybridized carbons (Fsp3) is 0.476. The van der Waals surface area contributed by atoms with Crippen LogP contribution in [0.15, 0.2) is 17.9 Å². The van der Waals surface area contributed by atoms with Gasteiger partial charge in [0.2, 0.25) is 0 Å². The summed E-state index contributed by atoms with van der Waals surface area (Å²) in [6, 6.07) is 4.12. The normalized spacial score (nSPS) is 30.4. The summed E-state index contributed by atoms with van der Waals surface area (Å²) in [5.41, 5.74) is 4.95. The Morgan fingerprint density at radius 1 is 1.12 bits per heavy atom. The number of carbonyl (C=O) groups is 1. The topological polar surface area (TPSA) is 35.5 Å². The van der Waals surface area contributed by atoms with Crippen LogP contribution in [-0.2, 0) is 14.3 Å². The van der Waals surface area contributed by atoms with E-state index in [0.717, 1.165) is 46.4 Å². The summed E-state index contributed by atoms with van der Waals surface area (Å²) < 4.78 is 11.7. The highest BCUT2D eigenvalue weighted by Gasteiger charge is 2.59. The van der Waals surface area contributed by atoms with Gasteiger partial charge in [-0.3, -0.25) is 4.79 Å². The van der Waals surface area contributed by atoms with Crippen LogP contribution in [0, 0.1) is 37.5 Å². The lowest BCUT2D eigenvalue weighted by Crippen LogP contribution is -2.29. The van der Waals surface area contributed by atoms with Gasteiger partial charge in [0.05, 0.1) is 36.7 Å². The van der Waals surface area contributed by atoms with E-state index in [1.807, 2.05) is 6.92 Å². The summed E-state index contributed by atoms with van der Waals surface area (Å²) in [4.78, 5) is 13.2. The predicted octanol–water partition coefficient (Wildman–Crippen LogP) is 3.41. The molecule has 2 bridgehead atoms. The van der Waals surface area contributed by atoms with Crippen molar-refractivity contribution >= 4 is 11.4 Å². The first-order valence-electron chi connectivity index (χ1n) is 8.59. The van der Waals surface area contributed by atoms with Gasteiger partial charge in [-0.2, -0.15) is 0 Å². The molecule has 124 valence electrons. The lowest BCUT2D eigenvalue weighted by atomic mass is 9.80. The third-order valence-corrected chi connectivity index (χ3v) is 5.64. The Hall–Kier alpha value is -2.05. The molecular formula is C21H22O3. The molecule has 4 unspecified atom stereocenters. The summed E-state index contributed by atoms with van der Waals surface area (Å²) in [6.45, 7) is 5.94. The van der Waals surface area contributed by atoms with Crippen LogP contribution >= 0.6 is 0 Å². The molecule has 1 aliphatic carbocycles. The van der Waals surface area contributed by atoms with E-state index in [4.69, 9.17) is 9.47 Å². The highest BCUT2D eigenvalue weighted by molar-refractivity contribution is 6.26. The van der Waals surface area contributed by atoms with E-state index < -0.39 is 0 Å². The number of Topliss-reactive ketones (excluding diaryl/α,β-unsaturated/α-hetero) is 1. The van der Waals surface area contributed by atoms with Gasteiger partial charge in [-0.1, -0.05) is 5.92 Å². The van der Waals surface area contributed by atoms with Crippen molar-refractivity contribution in [3.8, 4) is 11.8 Å². The second kappa shape index (κ2) is 5.50. The van der Waals surface area contributed by atoms with Crippen molar-refractivity contribution in [2.75, 3.05) is 7.11 Å². The zero-order chi connectivity index (χ0) is 17.0. The lowest BCUT2D eigenvalue weighted by Gasteiger charge is -2.21. The Balaban J connectivity index is 1.87. The van der Waals surface area contributed by atoms with Gasteiger partial charge in [0.15, 0.2) is 5.78 Å². The highest BCUT2D eigenvalue weighted by atomic mass is 16.5. The second-order valence-corrected chi connectivity index (χ2v) is 7.01. The summed E-state index contributed by atoms with van der Waals surface area (Å²) in [7, 11) is 1.68. The molecule has 0 saturated carbocycles. The average molecular weight is 322 g/mol. The molecule has 0 radical (unpaired) electrons. The summed E-state index contributed by atoms with van der Waals surface area (Å²) in [6.07, 6.45) is 2.23. The van der Waals surface area contributed by atoms with Crippen LogP contribution < -0.4 is 0 Å². The van der Waals surface area contributed by atoms with E-state index in [9.17, 15) is 4.79 Å². The molecule has 24 heavy (non-hydrogen) atoms. The minimum atomic E-state index is -0.0531. The standard InChI is InChI=1S/C21H22O3/c1-5-6-13-9-11(2)16(12(3)10-13)19-20(22)17-14-7-8-15(24-14)18(17)21(19)23-4/h9-10,14-15,17-18H,7-8H2,1-4H3. The molecule has 4 rings (SSSR count). The van der Waals surface area contributed by atoms with Crippen molar-refractivity contribution in [1.29, 1.82) is 0 Å². The molecule has 2 saturated heterocycles. The van der Waals surface area contributed by atoms with Crippen molar-refractivity contribution in [3.05, 3.63) is 40.1 Å². The minimum Gasteiger partial charge on any atom is -0.500 e. The number of methoxy groups -OCH3 is 1. The number of carbonyl (C=O) groups excluding carboxylic acids is 1. The Morgan fingerprint density at radius 3 is 2.33 bits per heavy atom. The largest absolute Gasteiger partial charge is 0.500 e. The van der Waals surface area contributed by atoms with E-state index in [-0.39, 0.29) is 29.8 Å². The zero-order valence-electron chi connectivity index (χ0n) is 14.6. The molecule has 3 heteroatoms. The van der Waals surface area contributed by atoms with Gasteiger partial charge >= 0.3 is 0 Å². The third kappa shape index (κ3) is 1.99. The molecule has 2 aliphatic heterocycles. The number of hydrogen-bond acceptors (Lipinski definition) is 3. The van der Waals surface area contributed by atoms with Crippen LogP contribution in [0.4, 0.5) is 0 Å². The molecule has 0 amide bonds. The molecular weight excluding hydrogens is 300 g/mol. The van der Waals surface area contributed by atoms with Crippen LogP contribution in [0.1, 0.15) is 42.0 Å². The van der Waals surface area contributed by atoms with Crippen molar-refractivity contribution in [3.63, 3.8) is 0 Å². The number of rotatable bonds is 2. The molecule has 0 aromatic heterocycles. The second-order valence-electron chi connectivity index (χ2n) is 7.01. The maximum Gasteiger partial charge on any atom is 0.173 e. The van der Waals surface area contributed by atoms with E-state index in [1.54, 1.807) is 7.11 Å². The van der Waals surface area contributed by atoms with Gasteiger partial charge in [0, 0.05) is 5.56 Å². The molecule has 1 aromatic carbocycles. The summed E-state index contributed by atoms with van der Waals surface area (Å²) >= 11 is 0. The first kappa shape index (κ1) is 15.5. The van der Waals surface area contributed by atoms with Gasteiger partial charge in [-0.15, -0.1) is 5.92 Å².